The second kappa shape index (κ2) is 6.11. The van der Waals surface area contributed by atoms with Crippen molar-refractivity contribution >= 4 is 40.2 Å². The van der Waals surface area contributed by atoms with Gasteiger partial charge >= 0.3 is 0 Å². The van der Waals surface area contributed by atoms with Crippen LogP contribution in [0.4, 0.5) is 0 Å². The van der Waals surface area contributed by atoms with E-state index in [1.807, 2.05) is 0 Å². The fourth-order valence-electron chi connectivity index (χ4n) is 3.56. The number of benzene rings is 1. The first-order chi connectivity index (χ1) is 12.0. The number of carbonyl (C=O) groups excluding carboxylic acids is 3. The number of hydrogen-bond acceptors (Lipinski definition) is 4. The van der Waals surface area contributed by atoms with Gasteiger partial charge in [-0.3, -0.25) is 24.7 Å². The van der Waals surface area contributed by atoms with Gasteiger partial charge in [-0.2, -0.15) is 0 Å². The van der Waals surface area contributed by atoms with E-state index in [9.17, 15) is 14.4 Å². The van der Waals surface area contributed by atoms with Crippen molar-refractivity contribution in [3.8, 4) is 0 Å². The average Bonchev–Trinajstić information content (AvgIpc) is 3.03. The third kappa shape index (κ3) is 2.87. The maximum atomic E-state index is 13.0. The van der Waals surface area contributed by atoms with E-state index in [0.29, 0.717) is 22.4 Å². The first-order valence-corrected chi connectivity index (χ1v) is 8.66. The van der Waals surface area contributed by atoms with Crippen molar-refractivity contribution in [1.29, 1.82) is 0 Å². The Morgan fingerprint density at radius 3 is 2.88 bits per heavy atom. The molecule has 1 aromatic heterocycles. The molecular formula is C18H16ClN3O3. The number of pyridine rings is 1. The Balaban J connectivity index is 1.75. The van der Waals surface area contributed by atoms with Crippen molar-refractivity contribution in [2.24, 2.45) is 0 Å². The quantitative estimate of drug-likeness (QED) is 0.804. The van der Waals surface area contributed by atoms with E-state index in [2.05, 4.69) is 15.6 Å². The summed E-state index contributed by atoms with van der Waals surface area (Å²) in [5.74, 6) is -1.09. The second-order valence-electron chi connectivity index (χ2n) is 6.40. The number of imide groups is 1. The number of aromatic nitrogens is 1. The van der Waals surface area contributed by atoms with Crippen LogP contribution >= 0.6 is 11.6 Å². The summed E-state index contributed by atoms with van der Waals surface area (Å²) in [6.45, 7) is 0. The van der Waals surface area contributed by atoms with Crippen LogP contribution in [0, 0.1) is 0 Å². The van der Waals surface area contributed by atoms with E-state index < -0.39 is 11.9 Å². The normalized spacial score (nSPS) is 19.6. The first kappa shape index (κ1) is 16.0. The largest absolute Gasteiger partial charge is 0.340 e. The number of piperidine rings is 1. The molecule has 0 saturated carbocycles. The molecule has 4 rings (SSSR count). The monoisotopic (exact) mass is 357 g/mol. The third-order valence-corrected chi connectivity index (χ3v) is 4.98. The molecular weight excluding hydrogens is 342 g/mol. The van der Waals surface area contributed by atoms with Crippen LogP contribution in [-0.4, -0.2) is 28.7 Å². The number of aryl methyl sites for hydroxylation is 1. The first-order valence-electron chi connectivity index (χ1n) is 8.28. The molecule has 1 saturated heterocycles. The SMILES string of the molecule is O=C1CCC(NC(=O)c2c3c(nc4ccc(Cl)cc24)CCC3)C(=O)N1. The minimum absolute atomic E-state index is 0.220. The molecule has 25 heavy (non-hydrogen) atoms. The lowest BCUT2D eigenvalue weighted by Crippen LogP contribution is -2.52. The molecule has 2 aromatic rings. The van der Waals surface area contributed by atoms with Gasteiger partial charge in [0.25, 0.3) is 5.91 Å². The fourth-order valence-corrected chi connectivity index (χ4v) is 3.73. The van der Waals surface area contributed by atoms with Crippen LogP contribution in [-0.2, 0) is 22.4 Å². The van der Waals surface area contributed by atoms with Crippen LogP contribution in [0.1, 0.15) is 40.9 Å². The van der Waals surface area contributed by atoms with E-state index in [1.54, 1.807) is 18.2 Å². The van der Waals surface area contributed by atoms with E-state index in [1.165, 1.54) is 0 Å². The van der Waals surface area contributed by atoms with Gasteiger partial charge in [0.05, 0.1) is 11.1 Å². The smallest absolute Gasteiger partial charge is 0.252 e. The molecule has 1 aromatic carbocycles. The Hall–Kier alpha value is -2.47. The molecule has 1 atom stereocenters. The minimum atomic E-state index is -0.704. The van der Waals surface area contributed by atoms with Crippen molar-refractivity contribution in [1.82, 2.24) is 15.6 Å². The Labute approximate surface area is 148 Å². The summed E-state index contributed by atoms with van der Waals surface area (Å²) >= 11 is 6.12. The molecule has 7 heteroatoms. The van der Waals surface area contributed by atoms with Crippen LogP contribution < -0.4 is 10.6 Å². The van der Waals surface area contributed by atoms with Gasteiger partial charge in [-0.05, 0) is 49.4 Å². The number of carbonyl (C=O) groups is 3. The molecule has 1 aliphatic heterocycles. The van der Waals surface area contributed by atoms with Crippen LogP contribution in [0.5, 0.6) is 0 Å². The molecule has 1 aliphatic carbocycles. The maximum absolute atomic E-state index is 13.0. The lowest BCUT2D eigenvalue weighted by molar-refractivity contribution is -0.134. The Morgan fingerprint density at radius 1 is 1.24 bits per heavy atom. The highest BCUT2D eigenvalue weighted by atomic mass is 35.5. The van der Waals surface area contributed by atoms with Crippen molar-refractivity contribution in [2.45, 2.75) is 38.1 Å². The van der Waals surface area contributed by atoms with Crippen LogP contribution in [0.25, 0.3) is 10.9 Å². The Kier molecular flexibility index (Phi) is 3.92. The average molecular weight is 358 g/mol. The van der Waals surface area contributed by atoms with Gasteiger partial charge in [0.15, 0.2) is 0 Å². The van der Waals surface area contributed by atoms with E-state index in [-0.39, 0.29) is 18.2 Å². The van der Waals surface area contributed by atoms with Gasteiger partial charge in [-0.1, -0.05) is 11.6 Å². The molecule has 2 N–H and O–H groups in total. The van der Waals surface area contributed by atoms with Crippen molar-refractivity contribution in [3.63, 3.8) is 0 Å². The van der Waals surface area contributed by atoms with E-state index >= 15 is 0 Å². The number of fused-ring (bicyclic) bond motifs is 2. The van der Waals surface area contributed by atoms with Gasteiger partial charge in [-0.25, -0.2) is 0 Å². The highest BCUT2D eigenvalue weighted by Crippen LogP contribution is 2.31. The van der Waals surface area contributed by atoms with Gasteiger partial charge in [0, 0.05) is 22.5 Å². The summed E-state index contributed by atoms with van der Waals surface area (Å²) in [5.41, 5.74) is 3.13. The Morgan fingerprint density at radius 2 is 2.08 bits per heavy atom. The highest BCUT2D eigenvalue weighted by Gasteiger charge is 2.30. The van der Waals surface area contributed by atoms with E-state index in [4.69, 9.17) is 11.6 Å². The summed E-state index contributed by atoms with van der Waals surface area (Å²) < 4.78 is 0. The lowest BCUT2D eigenvalue weighted by Gasteiger charge is -2.22. The number of rotatable bonds is 2. The molecule has 0 bridgehead atoms. The predicted molar refractivity (Wildman–Crippen MR) is 92.4 cm³/mol. The highest BCUT2D eigenvalue weighted by molar-refractivity contribution is 6.31. The zero-order valence-corrected chi connectivity index (χ0v) is 14.2. The molecule has 6 nitrogen and oxygen atoms in total. The number of hydrogen-bond donors (Lipinski definition) is 2. The number of nitrogens with zero attached hydrogens (tertiary/aromatic N) is 1. The summed E-state index contributed by atoms with van der Waals surface area (Å²) in [4.78, 5) is 40.8. The van der Waals surface area contributed by atoms with Gasteiger partial charge in [0.2, 0.25) is 11.8 Å². The van der Waals surface area contributed by atoms with Gasteiger partial charge in [-0.15, -0.1) is 0 Å². The van der Waals surface area contributed by atoms with Gasteiger partial charge in [0.1, 0.15) is 6.04 Å². The van der Waals surface area contributed by atoms with Crippen molar-refractivity contribution in [3.05, 3.63) is 40.0 Å². The van der Waals surface area contributed by atoms with Crippen LogP contribution in [0.3, 0.4) is 0 Å². The van der Waals surface area contributed by atoms with E-state index in [0.717, 1.165) is 36.0 Å². The lowest BCUT2D eigenvalue weighted by atomic mass is 9.99. The second-order valence-corrected chi connectivity index (χ2v) is 6.84. The molecule has 0 spiro atoms. The summed E-state index contributed by atoms with van der Waals surface area (Å²) in [6.07, 6.45) is 3.10. The molecule has 0 radical (unpaired) electrons. The third-order valence-electron chi connectivity index (χ3n) is 4.75. The zero-order chi connectivity index (χ0) is 17.6. The van der Waals surface area contributed by atoms with Crippen molar-refractivity contribution in [2.75, 3.05) is 0 Å². The summed E-state index contributed by atoms with van der Waals surface area (Å²) in [6, 6.07) is 4.59. The number of amides is 3. The molecule has 1 fully saturated rings. The Bertz CT molecular complexity index is 925. The molecule has 3 amide bonds. The molecule has 2 heterocycles. The predicted octanol–water partition coefficient (Wildman–Crippen LogP) is 1.91. The van der Waals surface area contributed by atoms with Crippen LogP contribution in [0.2, 0.25) is 5.02 Å². The zero-order valence-electron chi connectivity index (χ0n) is 13.4. The molecule has 128 valence electrons. The summed E-state index contributed by atoms with van der Waals surface area (Å²) in [5, 5.41) is 6.25. The molecule has 1 unspecified atom stereocenters. The fraction of sp³-hybridized carbons (Fsp3) is 0.333. The number of halogens is 1. The standard InChI is InChI=1S/C18H16ClN3O3/c19-9-4-5-13-11(8-9)16(10-2-1-3-12(10)20-13)18(25)21-14-6-7-15(23)22-17(14)24/h4-5,8,14H,1-3,6-7H2,(H,21,25)(H,22,23,24). The summed E-state index contributed by atoms with van der Waals surface area (Å²) in [7, 11) is 0. The maximum Gasteiger partial charge on any atom is 0.252 e. The van der Waals surface area contributed by atoms with Gasteiger partial charge < -0.3 is 5.32 Å². The topological polar surface area (TPSA) is 88.2 Å². The van der Waals surface area contributed by atoms with Crippen molar-refractivity contribution < 1.29 is 14.4 Å². The van der Waals surface area contributed by atoms with Crippen LogP contribution in [0.15, 0.2) is 18.2 Å². The number of nitrogens with one attached hydrogen (secondary N) is 2. The minimum Gasteiger partial charge on any atom is -0.340 e. The molecule has 2 aliphatic rings.